The SMILES string of the molecule is CC(C)(C)[Si](C)(C)N(CCN[C@@H]1C2c3ccccc3C(c3ccccc32)[C@H]1NCCN([Si](C)(C)C(C)(C)C)[Si](C)(C)C(C)(C)C)[Si](C)(C)C(C)(C)C. The fraction of sp³-hybridized carbons (Fsp3) is 0.727. The Labute approximate surface area is 327 Å². The molecule has 0 unspecified atom stereocenters. The summed E-state index contributed by atoms with van der Waals surface area (Å²) in [6.45, 7) is 55.4. The van der Waals surface area contributed by atoms with E-state index in [2.05, 4.69) is 203 Å². The summed E-state index contributed by atoms with van der Waals surface area (Å²) in [5.41, 5.74) is 6.15. The molecule has 0 saturated carbocycles. The van der Waals surface area contributed by atoms with Crippen molar-refractivity contribution in [2.75, 3.05) is 26.2 Å². The van der Waals surface area contributed by atoms with Crippen LogP contribution in [0.4, 0.5) is 0 Å². The molecule has 2 bridgehead atoms. The maximum Gasteiger partial charge on any atom is 0.121 e. The minimum atomic E-state index is -1.77. The molecule has 2 aromatic rings. The number of benzene rings is 2. The van der Waals surface area contributed by atoms with Crippen LogP contribution in [0.25, 0.3) is 0 Å². The van der Waals surface area contributed by atoms with E-state index in [0.717, 1.165) is 26.2 Å². The summed E-state index contributed by atoms with van der Waals surface area (Å²) in [6, 6.07) is 19.5. The molecule has 8 heteroatoms. The van der Waals surface area contributed by atoms with Crippen LogP contribution >= 0.6 is 0 Å². The highest BCUT2D eigenvalue weighted by Gasteiger charge is 2.54. The van der Waals surface area contributed by atoms with Crippen LogP contribution in [-0.2, 0) is 0 Å². The Morgan fingerprint density at radius 3 is 0.827 bits per heavy atom. The van der Waals surface area contributed by atoms with Crippen molar-refractivity contribution in [3.63, 3.8) is 0 Å². The third-order valence-electron chi connectivity index (χ3n) is 15.9. The number of rotatable bonds is 12. The number of nitrogens with one attached hydrogen (secondary N) is 2. The van der Waals surface area contributed by atoms with E-state index in [9.17, 15) is 0 Å². The van der Waals surface area contributed by atoms with Crippen molar-refractivity contribution in [2.45, 2.75) is 180 Å². The number of fused-ring (bicyclic) bond motifs is 1. The molecule has 0 saturated heterocycles. The molecule has 2 N–H and O–H groups in total. The Balaban J connectivity index is 1.73. The van der Waals surface area contributed by atoms with Gasteiger partial charge in [-0.15, -0.1) is 0 Å². The van der Waals surface area contributed by atoms with Gasteiger partial charge >= 0.3 is 0 Å². The molecule has 0 aromatic heterocycles. The lowest BCUT2D eigenvalue weighted by Crippen LogP contribution is -2.70. The third kappa shape index (κ3) is 7.76. The highest BCUT2D eigenvalue weighted by molar-refractivity contribution is 6.94. The molecule has 4 nitrogen and oxygen atoms in total. The van der Waals surface area contributed by atoms with Gasteiger partial charge in [0.05, 0.1) is 0 Å². The molecular weight excluding hydrogens is 697 g/mol. The van der Waals surface area contributed by atoms with Gasteiger partial charge in [-0.3, -0.25) is 0 Å². The van der Waals surface area contributed by atoms with Crippen LogP contribution in [0.5, 0.6) is 0 Å². The number of hydrogen-bond donors (Lipinski definition) is 2. The molecule has 0 fully saturated rings. The molecule has 294 valence electrons. The summed E-state index contributed by atoms with van der Waals surface area (Å²) < 4.78 is 6.21. The van der Waals surface area contributed by atoms with Gasteiger partial charge in [-0.05, 0) is 55.5 Å². The molecular formula is C44H82N4Si4. The van der Waals surface area contributed by atoms with Crippen molar-refractivity contribution in [3.05, 3.63) is 70.8 Å². The Hall–Kier alpha value is -0.852. The minimum absolute atomic E-state index is 0.300. The average Bonchev–Trinajstić information content (AvgIpc) is 2.99. The Morgan fingerprint density at radius 1 is 0.423 bits per heavy atom. The zero-order valence-corrected chi connectivity index (χ0v) is 41.7. The van der Waals surface area contributed by atoms with E-state index in [1.54, 1.807) is 0 Å². The summed E-state index contributed by atoms with van der Waals surface area (Å²) >= 11 is 0. The summed E-state index contributed by atoms with van der Waals surface area (Å²) in [4.78, 5) is 0. The van der Waals surface area contributed by atoms with E-state index in [1.165, 1.54) is 22.3 Å². The first-order chi connectivity index (χ1) is 23.4. The second-order valence-corrected chi connectivity index (χ2v) is 44.2. The second-order valence-electron chi connectivity index (χ2n) is 22.7. The van der Waals surface area contributed by atoms with E-state index in [-0.39, 0.29) is 0 Å². The molecule has 5 rings (SSSR count). The molecule has 0 aliphatic heterocycles. The van der Waals surface area contributed by atoms with Crippen LogP contribution in [-0.4, -0.2) is 79.7 Å². The van der Waals surface area contributed by atoms with Gasteiger partial charge in [-0.25, -0.2) is 0 Å². The first kappa shape index (κ1) is 43.9. The van der Waals surface area contributed by atoms with Crippen LogP contribution in [0.1, 0.15) is 117 Å². The first-order valence-corrected chi connectivity index (χ1v) is 32.4. The third-order valence-corrected chi connectivity index (χ3v) is 43.6. The molecule has 3 aliphatic carbocycles. The number of nitrogens with zero attached hydrogens (tertiary/aromatic N) is 2. The lowest BCUT2D eigenvalue weighted by atomic mass is 9.59. The van der Waals surface area contributed by atoms with Crippen LogP contribution in [0.3, 0.4) is 0 Å². The molecule has 0 spiro atoms. The first-order valence-electron chi connectivity index (χ1n) is 20.6. The van der Waals surface area contributed by atoms with Crippen molar-refractivity contribution in [2.24, 2.45) is 0 Å². The van der Waals surface area contributed by atoms with Crippen molar-refractivity contribution in [1.82, 2.24) is 19.1 Å². The molecule has 2 aromatic carbocycles. The topological polar surface area (TPSA) is 30.5 Å². The maximum absolute atomic E-state index is 4.35. The van der Waals surface area contributed by atoms with E-state index in [1.807, 2.05) is 0 Å². The molecule has 2 atom stereocenters. The van der Waals surface area contributed by atoms with E-state index in [4.69, 9.17) is 0 Å². The maximum atomic E-state index is 4.35. The molecule has 0 radical (unpaired) electrons. The molecule has 3 aliphatic rings. The molecule has 0 heterocycles. The van der Waals surface area contributed by atoms with Gasteiger partial charge in [0.2, 0.25) is 0 Å². The van der Waals surface area contributed by atoms with Crippen molar-refractivity contribution in [1.29, 1.82) is 0 Å². The minimum Gasteiger partial charge on any atom is -0.344 e. The smallest absolute Gasteiger partial charge is 0.121 e. The van der Waals surface area contributed by atoms with Gasteiger partial charge in [0.15, 0.2) is 0 Å². The van der Waals surface area contributed by atoms with Crippen LogP contribution in [0, 0.1) is 0 Å². The van der Waals surface area contributed by atoms with Gasteiger partial charge in [0.25, 0.3) is 0 Å². The van der Waals surface area contributed by atoms with Crippen LogP contribution < -0.4 is 10.6 Å². The van der Waals surface area contributed by atoms with Crippen molar-refractivity contribution < 1.29 is 0 Å². The van der Waals surface area contributed by atoms with Gasteiger partial charge in [0.1, 0.15) is 32.9 Å². The van der Waals surface area contributed by atoms with Crippen LogP contribution in [0.15, 0.2) is 48.5 Å². The quantitative estimate of drug-likeness (QED) is 0.210. The number of hydrogen-bond acceptors (Lipinski definition) is 4. The summed E-state index contributed by atoms with van der Waals surface area (Å²) in [5, 5.41) is 9.91. The van der Waals surface area contributed by atoms with Crippen LogP contribution in [0.2, 0.25) is 72.5 Å². The van der Waals surface area contributed by atoms with Crippen molar-refractivity contribution in [3.8, 4) is 0 Å². The van der Waals surface area contributed by atoms with Crippen molar-refractivity contribution >= 4 is 32.9 Å². The van der Waals surface area contributed by atoms with Gasteiger partial charge in [-0.2, -0.15) is 0 Å². The van der Waals surface area contributed by atoms with Gasteiger partial charge in [0, 0.05) is 37.0 Å². The Kier molecular flexibility index (Phi) is 12.3. The standard InChI is InChI=1S/C44H82N4Si4/c1-41(2,3)49(13,14)47(50(15,16)42(4,5)6)31-29-45-39-37-33-25-21-23-27-35(33)38(36-28-24-22-26-34(36)37)40(39)46-30-32-48(51(17,18)43(7,8)9)52(19,20)44(10,11)12/h21-28,37-40,45-46H,29-32H2,1-20H3/t37?,38?,39-,40-/m1/s1. The molecule has 0 amide bonds. The monoisotopic (exact) mass is 779 g/mol. The fourth-order valence-electron chi connectivity index (χ4n) is 8.99. The zero-order chi connectivity index (χ0) is 39.7. The predicted octanol–water partition coefficient (Wildman–Crippen LogP) is 11.8. The molecule has 52 heavy (non-hydrogen) atoms. The normalized spacial score (nSPS) is 21.9. The van der Waals surface area contributed by atoms with Gasteiger partial charge in [-0.1, -0.05) is 184 Å². The summed E-state index contributed by atoms with van der Waals surface area (Å²) in [7, 11) is -7.10. The largest absolute Gasteiger partial charge is 0.344 e. The lowest BCUT2D eigenvalue weighted by Gasteiger charge is -2.58. The Bertz CT molecular complexity index is 1320. The summed E-state index contributed by atoms with van der Waals surface area (Å²) in [5.74, 6) is 0.696. The predicted molar refractivity (Wildman–Crippen MR) is 242 cm³/mol. The second kappa shape index (κ2) is 14.6. The van der Waals surface area contributed by atoms with E-state index >= 15 is 0 Å². The van der Waals surface area contributed by atoms with E-state index in [0.29, 0.717) is 44.1 Å². The average molecular weight is 780 g/mol. The fourth-order valence-corrected chi connectivity index (χ4v) is 30.1. The lowest BCUT2D eigenvalue weighted by molar-refractivity contribution is 0.274. The zero-order valence-electron chi connectivity index (χ0n) is 37.7. The van der Waals surface area contributed by atoms with E-state index < -0.39 is 32.9 Å². The highest BCUT2D eigenvalue weighted by Crippen LogP contribution is 2.53. The van der Waals surface area contributed by atoms with Gasteiger partial charge < -0.3 is 19.1 Å². The highest BCUT2D eigenvalue weighted by atomic mass is 28.4. The Morgan fingerprint density at radius 2 is 0.635 bits per heavy atom. The summed E-state index contributed by atoms with van der Waals surface area (Å²) in [6.07, 6.45) is 0.